The molecule has 1 aliphatic rings. The van der Waals surface area contributed by atoms with Crippen LogP contribution in [0.1, 0.15) is 35.6 Å². The van der Waals surface area contributed by atoms with E-state index >= 15 is 0 Å². The molecule has 6 N–H and O–H groups in total. The Morgan fingerprint density at radius 2 is 2.21 bits per heavy atom. The summed E-state index contributed by atoms with van der Waals surface area (Å²) in [7, 11) is 1.76. The van der Waals surface area contributed by atoms with Crippen LogP contribution >= 0.6 is 0 Å². The molecule has 0 spiro atoms. The van der Waals surface area contributed by atoms with Crippen LogP contribution in [-0.4, -0.2) is 47.2 Å². The number of aromatic hydroxyl groups is 1. The van der Waals surface area contributed by atoms with Gasteiger partial charge in [0, 0.05) is 42.0 Å². The second kappa shape index (κ2) is 8.87. The molecule has 2 atom stereocenters. The van der Waals surface area contributed by atoms with Crippen molar-refractivity contribution in [3.8, 4) is 5.75 Å². The van der Waals surface area contributed by atoms with E-state index in [4.69, 9.17) is 16.2 Å². The number of carbonyl (C=O) groups is 1. The molecule has 1 saturated heterocycles. The van der Waals surface area contributed by atoms with Crippen LogP contribution in [0.15, 0.2) is 43.0 Å². The molecule has 2 aromatic rings. The van der Waals surface area contributed by atoms with Crippen LogP contribution in [0.5, 0.6) is 5.75 Å². The lowest BCUT2D eigenvalue weighted by Gasteiger charge is -2.17. The van der Waals surface area contributed by atoms with Gasteiger partial charge in [0.2, 0.25) is 5.91 Å². The van der Waals surface area contributed by atoms with Gasteiger partial charge in [-0.3, -0.25) is 4.79 Å². The zero-order valence-corrected chi connectivity index (χ0v) is 16.6. The highest BCUT2D eigenvalue weighted by Crippen LogP contribution is 2.33. The second-order valence-electron chi connectivity index (χ2n) is 7.35. The predicted molar refractivity (Wildman–Crippen MR) is 115 cm³/mol. The van der Waals surface area contributed by atoms with Gasteiger partial charge in [0.1, 0.15) is 11.6 Å². The Morgan fingerprint density at radius 1 is 1.45 bits per heavy atom. The summed E-state index contributed by atoms with van der Waals surface area (Å²) in [4.78, 5) is 16.4. The topological polar surface area (TPSA) is 118 Å². The van der Waals surface area contributed by atoms with E-state index in [0.29, 0.717) is 30.2 Å². The molecule has 154 valence electrons. The number of nitrogens with one attached hydrogen (secondary N) is 1. The molecule has 7 heteroatoms. The molecule has 1 unspecified atom stereocenters. The Kier molecular flexibility index (Phi) is 6.29. The quantitative estimate of drug-likeness (QED) is 0.537. The molecule has 1 aliphatic heterocycles. The average molecular weight is 396 g/mol. The Balaban J connectivity index is 1.65. The fourth-order valence-electron chi connectivity index (χ4n) is 3.54. The van der Waals surface area contributed by atoms with Gasteiger partial charge in [0.05, 0.1) is 12.7 Å². The van der Waals surface area contributed by atoms with Gasteiger partial charge in [0.15, 0.2) is 0 Å². The molecule has 0 radical (unpaired) electrons. The average Bonchev–Trinajstić information content (AvgIpc) is 3.32. The highest BCUT2D eigenvalue weighted by Gasteiger charge is 2.28. The molecule has 1 amide bonds. The number of likely N-dealkylation sites (N-methyl/N-ethyl adjacent to an activating group) is 1. The molecular weight excluding hydrogens is 368 g/mol. The smallest absolute Gasteiger partial charge is 0.245 e. The first-order valence-electron chi connectivity index (χ1n) is 9.62. The number of H-pyrrole nitrogens is 1. The molecule has 1 fully saturated rings. The van der Waals surface area contributed by atoms with Gasteiger partial charge in [0.25, 0.3) is 0 Å². The number of hydrogen-bond donors (Lipinski definition) is 4. The Hall–Kier alpha value is -3.19. The van der Waals surface area contributed by atoms with Crippen molar-refractivity contribution in [2.45, 2.75) is 24.9 Å². The monoisotopic (exact) mass is 396 g/mol. The number of ether oxygens (including phenoxy) is 1. The molecule has 0 aliphatic carbocycles. The van der Waals surface area contributed by atoms with Crippen molar-refractivity contribution in [2.75, 3.05) is 25.9 Å². The lowest BCUT2D eigenvalue weighted by Crippen LogP contribution is -2.28. The molecular formula is C22H28N4O3. The van der Waals surface area contributed by atoms with E-state index in [0.717, 1.165) is 24.1 Å². The van der Waals surface area contributed by atoms with Gasteiger partial charge >= 0.3 is 0 Å². The number of aromatic amines is 1. The maximum absolute atomic E-state index is 11.6. The number of para-hydroxylation sites is 1. The van der Waals surface area contributed by atoms with Gasteiger partial charge in [-0.2, -0.15) is 0 Å². The fourth-order valence-corrected chi connectivity index (χ4v) is 3.54. The number of hydrogen-bond acceptors (Lipinski definition) is 5. The summed E-state index contributed by atoms with van der Waals surface area (Å²) in [6.45, 7) is 4.73. The number of carbonyl (C=O) groups excluding carboxylic acids is 1. The van der Waals surface area contributed by atoms with Crippen LogP contribution in [0.2, 0.25) is 0 Å². The van der Waals surface area contributed by atoms with Gasteiger partial charge in [-0.15, -0.1) is 0 Å². The zero-order valence-electron chi connectivity index (χ0n) is 16.6. The standard InChI is InChI=1S/C22H28N4O3/c1-3-21(28)26(2)9-8-16-10-15(13-29-16)19-12-14(22(24)25-19)11-18(23)17-6-4-5-7-20(17)27/h3-7,11-12,15-16,25,27H,1,8-10,13,23-24H2,2H3/b18-11-/t15?,16-/m0/s1. The summed E-state index contributed by atoms with van der Waals surface area (Å²) in [5, 5.41) is 9.97. The number of benzene rings is 1. The largest absolute Gasteiger partial charge is 0.507 e. The Labute approximate surface area is 170 Å². The highest BCUT2D eigenvalue weighted by molar-refractivity contribution is 5.86. The lowest BCUT2D eigenvalue weighted by molar-refractivity contribution is -0.125. The van der Waals surface area contributed by atoms with Crippen LogP contribution in [0.3, 0.4) is 0 Å². The number of phenols is 1. The summed E-state index contributed by atoms with van der Waals surface area (Å²) in [6.07, 6.45) is 4.79. The van der Waals surface area contributed by atoms with E-state index in [9.17, 15) is 9.90 Å². The minimum Gasteiger partial charge on any atom is -0.507 e. The molecule has 7 nitrogen and oxygen atoms in total. The molecule has 3 rings (SSSR count). The number of anilines is 1. The first-order chi connectivity index (χ1) is 13.9. The maximum Gasteiger partial charge on any atom is 0.245 e. The van der Waals surface area contributed by atoms with Gasteiger partial charge < -0.3 is 31.2 Å². The number of nitrogens with zero attached hydrogens (tertiary/aromatic N) is 1. The fraction of sp³-hybridized carbons (Fsp3) is 0.318. The number of amides is 1. The van der Waals surface area contributed by atoms with E-state index in [-0.39, 0.29) is 23.7 Å². The number of aromatic nitrogens is 1. The Bertz CT molecular complexity index is 919. The normalized spacial score (nSPS) is 19.3. The van der Waals surface area contributed by atoms with E-state index in [1.54, 1.807) is 36.2 Å². The van der Waals surface area contributed by atoms with Crippen molar-refractivity contribution in [1.82, 2.24) is 9.88 Å². The molecule has 1 aromatic carbocycles. The van der Waals surface area contributed by atoms with E-state index < -0.39 is 0 Å². The van der Waals surface area contributed by atoms with Gasteiger partial charge in [-0.25, -0.2) is 0 Å². The lowest BCUT2D eigenvalue weighted by atomic mass is 10.00. The molecule has 0 saturated carbocycles. The summed E-state index contributed by atoms with van der Waals surface area (Å²) < 4.78 is 5.90. The molecule has 0 bridgehead atoms. The zero-order chi connectivity index (χ0) is 21.0. The third kappa shape index (κ3) is 4.81. The summed E-state index contributed by atoms with van der Waals surface area (Å²) in [6, 6.07) is 8.90. The first kappa shape index (κ1) is 20.5. The number of nitrogens with two attached hydrogens (primary N) is 2. The summed E-state index contributed by atoms with van der Waals surface area (Å²) in [5.41, 5.74) is 15.1. The molecule has 1 aromatic heterocycles. The van der Waals surface area contributed by atoms with Crippen molar-refractivity contribution >= 4 is 23.5 Å². The molecule has 2 heterocycles. The van der Waals surface area contributed by atoms with Crippen LogP contribution in [0.4, 0.5) is 5.82 Å². The van der Waals surface area contributed by atoms with E-state index in [2.05, 4.69) is 11.6 Å². The maximum atomic E-state index is 11.6. The van der Waals surface area contributed by atoms with Crippen LogP contribution in [0.25, 0.3) is 11.8 Å². The summed E-state index contributed by atoms with van der Waals surface area (Å²) >= 11 is 0. The van der Waals surface area contributed by atoms with Crippen molar-refractivity contribution < 1.29 is 14.6 Å². The van der Waals surface area contributed by atoms with Gasteiger partial charge in [-0.05, 0) is 43.2 Å². The van der Waals surface area contributed by atoms with E-state index in [1.807, 2.05) is 12.1 Å². The minimum atomic E-state index is -0.0878. The third-order valence-corrected chi connectivity index (χ3v) is 5.28. The predicted octanol–water partition coefficient (Wildman–Crippen LogP) is 2.67. The SMILES string of the molecule is C=CC(=O)N(C)CC[C@H]1CC(c2cc(/C=C(\N)c3ccccc3O)c(N)[nH]2)CO1. The number of phenolic OH excluding ortho intramolecular Hbond substituents is 1. The van der Waals surface area contributed by atoms with Crippen molar-refractivity contribution in [1.29, 1.82) is 0 Å². The highest BCUT2D eigenvalue weighted by atomic mass is 16.5. The second-order valence-corrected chi connectivity index (χ2v) is 7.35. The third-order valence-electron chi connectivity index (χ3n) is 5.28. The number of nitrogen functional groups attached to an aromatic ring is 1. The minimum absolute atomic E-state index is 0.0878. The van der Waals surface area contributed by atoms with E-state index in [1.165, 1.54) is 6.08 Å². The van der Waals surface area contributed by atoms with Crippen LogP contribution in [0, 0.1) is 0 Å². The van der Waals surface area contributed by atoms with Crippen LogP contribution < -0.4 is 11.5 Å². The first-order valence-corrected chi connectivity index (χ1v) is 9.62. The molecule has 29 heavy (non-hydrogen) atoms. The van der Waals surface area contributed by atoms with Crippen molar-refractivity contribution in [2.24, 2.45) is 5.73 Å². The van der Waals surface area contributed by atoms with Gasteiger partial charge in [-0.1, -0.05) is 18.7 Å². The summed E-state index contributed by atoms with van der Waals surface area (Å²) in [5.74, 6) is 0.770. The Morgan fingerprint density at radius 3 is 2.93 bits per heavy atom. The number of rotatable bonds is 7. The van der Waals surface area contributed by atoms with Crippen molar-refractivity contribution in [3.05, 3.63) is 59.8 Å². The van der Waals surface area contributed by atoms with Crippen molar-refractivity contribution in [3.63, 3.8) is 0 Å². The van der Waals surface area contributed by atoms with Crippen LogP contribution in [-0.2, 0) is 9.53 Å².